The van der Waals surface area contributed by atoms with Gasteiger partial charge >= 0.3 is 6.61 Å². The number of aryl methyl sites for hydroxylation is 2. The number of ether oxygens (including phenoxy) is 1. The number of carbonyl (C=O) groups is 1. The second-order valence-corrected chi connectivity index (χ2v) is 8.85. The molecular weight excluding hydrogens is 414 g/mol. The van der Waals surface area contributed by atoms with Crippen LogP contribution in [0.2, 0.25) is 0 Å². The van der Waals surface area contributed by atoms with Gasteiger partial charge < -0.3 is 10.1 Å². The van der Waals surface area contributed by atoms with Crippen LogP contribution in [0.5, 0.6) is 5.75 Å². The zero-order valence-corrected chi connectivity index (χ0v) is 17.2. The van der Waals surface area contributed by atoms with E-state index >= 15 is 0 Å². The van der Waals surface area contributed by atoms with E-state index in [0.717, 1.165) is 31.2 Å². The van der Waals surface area contributed by atoms with E-state index in [9.17, 15) is 22.0 Å². The Balaban J connectivity index is 1.44. The Morgan fingerprint density at radius 3 is 2.43 bits per heavy atom. The van der Waals surface area contributed by atoms with Crippen molar-refractivity contribution in [1.82, 2.24) is 10.0 Å². The van der Waals surface area contributed by atoms with E-state index in [0.29, 0.717) is 5.56 Å². The minimum absolute atomic E-state index is 0.0171. The third kappa shape index (κ3) is 6.24. The third-order valence-electron chi connectivity index (χ3n) is 4.91. The lowest BCUT2D eigenvalue weighted by atomic mass is 9.92. The maximum atomic E-state index is 12.5. The van der Waals surface area contributed by atoms with Crippen molar-refractivity contribution in [2.24, 2.45) is 0 Å². The van der Waals surface area contributed by atoms with Gasteiger partial charge in [-0.05, 0) is 66.6 Å². The van der Waals surface area contributed by atoms with E-state index in [-0.39, 0.29) is 36.1 Å². The molecule has 0 radical (unpaired) electrons. The quantitative estimate of drug-likeness (QED) is 0.630. The fourth-order valence-corrected chi connectivity index (χ4v) is 4.42. The largest absolute Gasteiger partial charge is 0.435 e. The van der Waals surface area contributed by atoms with Crippen molar-refractivity contribution < 1.29 is 26.7 Å². The summed E-state index contributed by atoms with van der Waals surface area (Å²) in [4.78, 5) is 12.2. The van der Waals surface area contributed by atoms with Gasteiger partial charge in [-0.15, -0.1) is 0 Å². The smallest absolute Gasteiger partial charge is 0.387 e. The van der Waals surface area contributed by atoms with Crippen molar-refractivity contribution in [3.05, 3.63) is 59.2 Å². The Hall–Kier alpha value is -2.52. The molecule has 0 bridgehead atoms. The number of hydrogen-bond donors (Lipinski definition) is 2. The fraction of sp³-hybridized carbons (Fsp3) is 0.381. The molecule has 6 nitrogen and oxygen atoms in total. The van der Waals surface area contributed by atoms with Crippen molar-refractivity contribution in [3.63, 3.8) is 0 Å². The van der Waals surface area contributed by atoms with Crippen LogP contribution in [-0.2, 0) is 34.2 Å². The van der Waals surface area contributed by atoms with Gasteiger partial charge in [-0.25, -0.2) is 13.1 Å². The highest BCUT2D eigenvalue weighted by atomic mass is 32.2. The molecule has 0 aromatic heterocycles. The third-order valence-corrected chi connectivity index (χ3v) is 6.37. The predicted octanol–water partition coefficient (Wildman–Crippen LogP) is 3.15. The molecule has 0 unspecified atom stereocenters. The maximum absolute atomic E-state index is 12.5. The average Bonchev–Trinajstić information content (AvgIpc) is 2.72. The van der Waals surface area contributed by atoms with Crippen LogP contribution in [0.3, 0.4) is 0 Å². The van der Waals surface area contributed by atoms with Crippen LogP contribution in [0.25, 0.3) is 0 Å². The summed E-state index contributed by atoms with van der Waals surface area (Å²) in [7, 11) is -3.68. The number of carbonyl (C=O) groups excluding carboxylic acids is 1. The Morgan fingerprint density at radius 2 is 1.73 bits per heavy atom. The molecule has 3 rings (SSSR count). The van der Waals surface area contributed by atoms with Crippen LogP contribution < -0.4 is 14.8 Å². The van der Waals surface area contributed by atoms with Crippen molar-refractivity contribution in [2.45, 2.75) is 50.2 Å². The summed E-state index contributed by atoms with van der Waals surface area (Å²) < 4.78 is 55.9. The van der Waals surface area contributed by atoms with Crippen molar-refractivity contribution in [3.8, 4) is 5.75 Å². The van der Waals surface area contributed by atoms with Crippen LogP contribution >= 0.6 is 0 Å². The van der Waals surface area contributed by atoms with Crippen LogP contribution in [0.4, 0.5) is 8.78 Å². The van der Waals surface area contributed by atoms with Gasteiger partial charge in [0.05, 0.1) is 4.90 Å². The molecule has 0 fully saturated rings. The van der Waals surface area contributed by atoms with Crippen molar-refractivity contribution >= 4 is 15.9 Å². The molecule has 2 N–H and O–H groups in total. The molecule has 0 heterocycles. The van der Waals surface area contributed by atoms with E-state index in [1.54, 1.807) is 24.3 Å². The molecule has 0 saturated carbocycles. The monoisotopic (exact) mass is 438 g/mol. The molecule has 9 heteroatoms. The van der Waals surface area contributed by atoms with Gasteiger partial charge in [0.25, 0.3) is 0 Å². The molecule has 1 amide bonds. The van der Waals surface area contributed by atoms with Gasteiger partial charge in [-0.1, -0.05) is 18.2 Å². The van der Waals surface area contributed by atoms with E-state index in [1.807, 2.05) is 6.07 Å². The van der Waals surface area contributed by atoms with Crippen molar-refractivity contribution in [2.75, 3.05) is 6.54 Å². The van der Waals surface area contributed by atoms with Crippen LogP contribution in [-0.4, -0.2) is 27.5 Å². The van der Waals surface area contributed by atoms with Gasteiger partial charge in [0, 0.05) is 19.5 Å². The summed E-state index contributed by atoms with van der Waals surface area (Å²) in [6.07, 6.45) is 4.03. The molecule has 2 aromatic rings. The lowest BCUT2D eigenvalue weighted by molar-refractivity contribution is -0.121. The first kappa shape index (κ1) is 22.2. The lowest BCUT2D eigenvalue weighted by Crippen LogP contribution is -2.30. The fourth-order valence-electron chi connectivity index (χ4n) is 3.34. The zero-order chi connectivity index (χ0) is 21.6. The van der Waals surface area contributed by atoms with Gasteiger partial charge in [0.2, 0.25) is 15.9 Å². The number of alkyl halides is 2. The number of hydrogen-bond acceptors (Lipinski definition) is 4. The van der Waals surface area contributed by atoms with Gasteiger partial charge in [-0.3, -0.25) is 4.79 Å². The van der Waals surface area contributed by atoms with Crippen LogP contribution in [0, 0.1) is 0 Å². The van der Waals surface area contributed by atoms with E-state index in [4.69, 9.17) is 0 Å². The number of amides is 1. The number of nitrogens with one attached hydrogen (secondary N) is 2. The molecule has 0 atom stereocenters. The predicted molar refractivity (Wildman–Crippen MR) is 108 cm³/mol. The molecule has 0 aliphatic heterocycles. The summed E-state index contributed by atoms with van der Waals surface area (Å²) in [6.45, 7) is -2.71. The summed E-state index contributed by atoms with van der Waals surface area (Å²) in [5.74, 6) is -0.285. The summed E-state index contributed by atoms with van der Waals surface area (Å²) >= 11 is 0. The summed E-state index contributed by atoms with van der Waals surface area (Å²) in [5, 5.41) is 2.66. The standard InChI is InChI=1S/C21H24F2N2O4S/c22-21(23)29-18-8-5-15(6-9-18)14-24-20(26)11-12-25-30(27,28)19-10-7-16-3-1-2-4-17(16)13-19/h5-10,13,21,25H,1-4,11-12,14H2,(H,24,26). The number of sulfonamides is 1. The summed E-state index contributed by atoms with van der Waals surface area (Å²) in [6, 6.07) is 11.1. The number of benzene rings is 2. The first-order valence-corrected chi connectivity index (χ1v) is 11.2. The molecular formula is C21H24F2N2O4S. The van der Waals surface area contributed by atoms with E-state index in [2.05, 4.69) is 14.8 Å². The normalized spacial score (nSPS) is 13.7. The molecule has 1 aliphatic carbocycles. The minimum atomic E-state index is -3.68. The van der Waals surface area contributed by atoms with E-state index < -0.39 is 16.6 Å². The van der Waals surface area contributed by atoms with Crippen LogP contribution in [0.1, 0.15) is 36.0 Å². The Labute approximate surface area is 174 Å². The SMILES string of the molecule is O=C(CCNS(=O)(=O)c1ccc2c(c1)CCCC2)NCc1ccc(OC(F)F)cc1. The van der Waals surface area contributed by atoms with Gasteiger partial charge in [0.1, 0.15) is 5.75 Å². The van der Waals surface area contributed by atoms with Gasteiger partial charge in [0.15, 0.2) is 0 Å². The zero-order valence-electron chi connectivity index (χ0n) is 16.4. The molecule has 1 aliphatic rings. The van der Waals surface area contributed by atoms with Gasteiger partial charge in [-0.2, -0.15) is 8.78 Å². The van der Waals surface area contributed by atoms with Crippen LogP contribution in [0.15, 0.2) is 47.4 Å². The highest BCUT2D eigenvalue weighted by Crippen LogP contribution is 2.24. The highest BCUT2D eigenvalue weighted by Gasteiger charge is 2.17. The first-order chi connectivity index (χ1) is 14.3. The topological polar surface area (TPSA) is 84.5 Å². The second-order valence-electron chi connectivity index (χ2n) is 7.08. The minimum Gasteiger partial charge on any atom is -0.435 e. The maximum Gasteiger partial charge on any atom is 0.387 e. The molecule has 162 valence electrons. The molecule has 30 heavy (non-hydrogen) atoms. The molecule has 2 aromatic carbocycles. The lowest BCUT2D eigenvalue weighted by Gasteiger charge is -2.16. The molecule has 0 spiro atoms. The Morgan fingerprint density at radius 1 is 1.03 bits per heavy atom. The first-order valence-electron chi connectivity index (χ1n) is 9.75. The van der Waals surface area contributed by atoms with Crippen molar-refractivity contribution in [1.29, 1.82) is 0 Å². The second kappa shape index (κ2) is 9.99. The summed E-state index contributed by atoms with van der Waals surface area (Å²) in [5.41, 5.74) is 2.99. The Bertz CT molecular complexity index is 979. The highest BCUT2D eigenvalue weighted by molar-refractivity contribution is 7.89. The Kier molecular flexibility index (Phi) is 7.38. The number of rotatable bonds is 9. The van der Waals surface area contributed by atoms with E-state index in [1.165, 1.54) is 17.7 Å². The average molecular weight is 438 g/mol. The number of fused-ring (bicyclic) bond motifs is 1. The number of halogens is 2. The molecule has 0 saturated heterocycles.